The fourth-order valence-corrected chi connectivity index (χ4v) is 4.04. The third-order valence-electron chi connectivity index (χ3n) is 6.23. The van der Waals surface area contributed by atoms with Gasteiger partial charge in [-0.3, -0.25) is 15.0 Å². The first-order valence-electron chi connectivity index (χ1n) is 11.9. The number of hydrogen-bond donors (Lipinski definition) is 2. The van der Waals surface area contributed by atoms with Crippen LogP contribution in [0, 0.1) is 17.1 Å². The monoisotopic (exact) mass is 468 g/mol. The summed E-state index contributed by atoms with van der Waals surface area (Å²) in [7, 11) is 2.17. The summed E-state index contributed by atoms with van der Waals surface area (Å²) in [4.78, 5) is 27.1. The molecule has 0 atom stereocenters. The largest absolute Gasteiger partial charge is 0.398 e. The summed E-state index contributed by atoms with van der Waals surface area (Å²) in [6.07, 6.45) is 5.15. The van der Waals surface area contributed by atoms with Gasteiger partial charge >= 0.3 is 0 Å². The number of nitrogens with two attached hydrogens (primary N) is 1. The molecule has 2 aliphatic heterocycles. The highest BCUT2D eigenvalue weighted by Gasteiger charge is 2.24. The zero-order chi connectivity index (χ0) is 24.9. The number of carbonyl (C=O) groups excluding carboxylic acids is 2. The number of benzene rings is 2. The summed E-state index contributed by atoms with van der Waals surface area (Å²) < 4.78 is 12.8. The molecule has 0 saturated carbocycles. The van der Waals surface area contributed by atoms with E-state index in [1.165, 1.54) is 38.1 Å². The van der Waals surface area contributed by atoms with Crippen LogP contribution in [0.1, 0.15) is 48.5 Å². The van der Waals surface area contributed by atoms with Crippen molar-refractivity contribution in [3.8, 4) is 0 Å². The van der Waals surface area contributed by atoms with Crippen LogP contribution >= 0.6 is 0 Å². The molecule has 0 spiro atoms. The van der Waals surface area contributed by atoms with Crippen molar-refractivity contribution in [3.63, 3.8) is 0 Å². The Morgan fingerprint density at radius 3 is 2.12 bits per heavy atom. The first-order chi connectivity index (χ1) is 16.3. The molecule has 2 saturated heterocycles. The Kier molecular flexibility index (Phi) is 11.6. The Hall–Kier alpha value is -2.90. The zero-order valence-electron chi connectivity index (χ0n) is 20.3. The van der Waals surface area contributed by atoms with E-state index in [0.717, 1.165) is 32.5 Å². The van der Waals surface area contributed by atoms with Crippen LogP contribution in [0.4, 0.5) is 10.1 Å². The van der Waals surface area contributed by atoms with Gasteiger partial charge in [0.05, 0.1) is 0 Å². The highest BCUT2D eigenvalue weighted by molar-refractivity contribution is 6.36. The van der Waals surface area contributed by atoms with Crippen molar-refractivity contribution in [2.45, 2.75) is 32.6 Å². The van der Waals surface area contributed by atoms with Crippen LogP contribution in [0.15, 0.2) is 48.5 Å². The average molecular weight is 469 g/mol. The summed E-state index contributed by atoms with van der Waals surface area (Å²) >= 11 is 0. The molecule has 2 fully saturated rings. The third kappa shape index (κ3) is 8.80. The van der Waals surface area contributed by atoms with Crippen LogP contribution < -0.4 is 5.73 Å². The number of carbonyl (C=O) groups is 2. The molecule has 0 aliphatic carbocycles. The number of aldehydes is 1. The second kappa shape index (κ2) is 14.4. The number of ketones is 1. The second-order valence-corrected chi connectivity index (χ2v) is 8.71. The van der Waals surface area contributed by atoms with Gasteiger partial charge in [-0.2, -0.15) is 0 Å². The van der Waals surface area contributed by atoms with Crippen molar-refractivity contribution < 1.29 is 14.0 Å². The molecule has 0 amide bonds. The third-order valence-corrected chi connectivity index (χ3v) is 6.23. The van der Waals surface area contributed by atoms with Gasteiger partial charge < -0.3 is 15.5 Å². The smallest absolute Gasteiger partial charge is 0.168 e. The van der Waals surface area contributed by atoms with Gasteiger partial charge in [-0.15, -0.1) is 0 Å². The Morgan fingerprint density at radius 1 is 1.06 bits per heavy atom. The molecule has 0 radical (unpaired) electrons. The highest BCUT2D eigenvalue weighted by atomic mass is 19.1. The highest BCUT2D eigenvalue weighted by Crippen LogP contribution is 2.21. The molecule has 2 aromatic rings. The first kappa shape index (κ1) is 27.3. The molecule has 0 bridgehead atoms. The zero-order valence-corrected chi connectivity index (χ0v) is 20.3. The Bertz CT molecular complexity index is 918. The van der Waals surface area contributed by atoms with E-state index in [1.807, 2.05) is 0 Å². The standard InChI is InChI=1S/C14H18FNO.C8H8N2O.C5H11N/c1-2-16-9-7-12(8-10-16)14(17)11-3-5-13(15)6-4-11;9-7-4-2-1-3-6(7)8(10)5-11;1-6-4-2-3-5-6/h3-6,12H,2,7-10H2,1H3;1-5,10H,9H2;2-5H2,1H3. The normalized spacial score (nSPS) is 16.6. The number of piperidine rings is 1. The van der Waals surface area contributed by atoms with E-state index in [2.05, 4.69) is 23.8 Å². The van der Waals surface area contributed by atoms with Gasteiger partial charge in [0.25, 0.3) is 0 Å². The minimum atomic E-state index is -0.289. The lowest BCUT2D eigenvalue weighted by molar-refractivity contribution is -0.102. The lowest BCUT2D eigenvalue weighted by atomic mass is 9.89. The van der Waals surface area contributed by atoms with Crippen molar-refractivity contribution in [2.24, 2.45) is 5.92 Å². The maximum absolute atomic E-state index is 12.8. The topological polar surface area (TPSA) is 90.5 Å². The van der Waals surface area contributed by atoms with Crippen molar-refractivity contribution in [3.05, 3.63) is 65.5 Å². The Morgan fingerprint density at radius 2 is 1.65 bits per heavy atom. The maximum atomic E-state index is 12.8. The van der Waals surface area contributed by atoms with Gasteiger partial charge in [0, 0.05) is 22.7 Å². The summed E-state index contributed by atoms with van der Waals surface area (Å²) in [5, 5.41) is 7.17. The van der Waals surface area contributed by atoms with E-state index in [0.29, 0.717) is 23.1 Å². The fourth-order valence-electron chi connectivity index (χ4n) is 4.04. The minimum Gasteiger partial charge on any atom is -0.398 e. The van der Waals surface area contributed by atoms with Crippen molar-refractivity contribution in [2.75, 3.05) is 45.5 Å². The molecular formula is C27H37FN4O2. The Labute approximate surface area is 202 Å². The van der Waals surface area contributed by atoms with Crippen molar-refractivity contribution in [1.82, 2.24) is 9.80 Å². The number of Topliss-reactive ketones (excluding diaryl/α,β-unsaturated/α-hetero) is 1. The number of nitrogens with one attached hydrogen (secondary N) is 1. The molecule has 184 valence electrons. The predicted octanol–water partition coefficient (Wildman–Crippen LogP) is 4.29. The van der Waals surface area contributed by atoms with E-state index >= 15 is 0 Å². The minimum absolute atomic E-state index is 0.0805. The molecule has 0 aromatic heterocycles. The average Bonchev–Trinajstić information content (AvgIpc) is 3.35. The van der Waals surface area contributed by atoms with Gasteiger partial charge in [0.2, 0.25) is 0 Å². The lowest BCUT2D eigenvalue weighted by Gasteiger charge is -2.30. The summed E-state index contributed by atoms with van der Waals surface area (Å²) in [5.74, 6) is -0.00799. The number of likely N-dealkylation sites (tertiary alicyclic amines) is 2. The number of anilines is 1. The SMILES string of the molecule is CCN1CCC(C(=O)c2ccc(F)cc2)CC1.CN1CCCC1.N=C(C=O)c1ccccc1N. The molecule has 2 aromatic carbocycles. The maximum Gasteiger partial charge on any atom is 0.168 e. The van der Waals surface area contributed by atoms with E-state index in [-0.39, 0.29) is 23.2 Å². The lowest BCUT2D eigenvalue weighted by Crippen LogP contribution is -2.36. The van der Waals surface area contributed by atoms with Crippen LogP contribution in [0.3, 0.4) is 0 Å². The number of hydrogen-bond acceptors (Lipinski definition) is 6. The molecule has 0 unspecified atom stereocenters. The van der Waals surface area contributed by atoms with Gasteiger partial charge in [-0.1, -0.05) is 25.1 Å². The second-order valence-electron chi connectivity index (χ2n) is 8.71. The van der Waals surface area contributed by atoms with E-state index in [9.17, 15) is 14.0 Å². The van der Waals surface area contributed by atoms with Crippen LogP contribution in [0.5, 0.6) is 0 Å². The van der Waals surface area contributed by atoms with E-state index in [1.54, 1.807) is 36.4 Å². The number of rotatable bonds is 5. The fraction of sp³-hybridized carbons (Fsp3) is 0.444. The number of nitrogens with zero attached hydrogens (tertiary/aromatic N) is 2. The first-order valence-corrected chi connectivity index (χ1v) is 11.9. The molecule has 4 rings (SSSR count). The molecule has 2 heterocycles. The van der Waals surface area contributed by atoms with Gasteiger partial charge in [0.1, 0.15) is 11.5 Å². The predicted molar refractivity (Wildman–Crippen MR) is 136 cm³/mol. The van der Waals surface area contributed by atoms with Gasteiger partial charge in [0.15, 0.2) is 12.1 Å². The van der Waals surface area contributed by atoms with Crippen LogP contribution in [-0.2, 0) is 4.79 Å². The summed E-state index contributed by atoms with van der Waals surface area (Å²) in [6, 6.07) is 12.7. The Balaban J connectivity index is 0.000000204. The van der Waals surface area contributed by atoms with E-state index in [4.69, 9.17) is 11.1 Å². The molecular weight excluding hydrogens is 431 g/mol. The van der Waals surface area contributed by atoms with Crippen molar-refractivity contribution in [1.29, 1.82) is 5.41 Å². The molecule has 3 N–H and O–H groups in total. The van der Waals surface area contributed by atoms with Crippen LogP contribution in [0.2, 0.25) is 0 Å². The van der Waals surface area contributed by atoms with Gasteiger partial charge in [-0.25, -0.2) is 4.39 Å². The van der Waals surface area contributed by atoms with Crippen LogP contribution in [0.25, 0.3) is 0 Å². The van der Waals surface area contributed by atoms with Gasteiger partial charge in [-0.05, 0) is 95.8 Å². The quantitative estimate of drug-likeness (QED) is 0.296. The molecule has 34 heavy (non-hydrogen) atoms. The summed E-state index contributed by atoms with van der Waals surface area (Å²) in [6.45, 7) is 7.82. The van der Waals surface area contributed by atoms with Crippen molar-refractivity contribution >= 4 is 23.5 Å². The van der Waals surface area contributed by atoms with E-state index < -0.39 is 0 Å². The summed E-state index contributed by atoms with van der Waals surface area (Å²) in [5.41, 5.74) is 7.01. The molecule has 6 nitrogen and oxygen atoms in total. The number of nitrogen functional groups attached to an aromatic ring is 1. The molecule has 7 heteroatoms. The number of halogens is 1. The molecule has 2 aliphatic rings. The van der Waals surface area contributed by atoms with Crippen LogP contribution in [-0.4, -0.2) is 67.4 Å². The number of para-hydroxylation sites is 1.